The van der Waals surface area contributed by atoms with Crippen molar-refractivity contribution in [1.82, 2.24) is 0 Å². The van der Waals surface area contributed by atoms with Crippen LogP contribution in [0.5, 0.6) is 0 Å². The van der Waals surface area contributed by atoms with Gasteiger partial charge in [-0.1, -0.05) is 12.1 Å². The number of nitrogens with two attached hydrogens (primary N) is 1. The molecule has 5 rings (SSSR count). The third kappa shape index (κ3) is 1.76. The summed E-state index contributed by atoms with van der Waals surface area (Å²) in [5, 5.41) is 0. The Balaban J connectivity index is 1.64. The molecule has 0 amide bonds. The number of hydrogen-bond donors (Lipinski definition) is 1. The zero-order chi connectivity index (χ0) is 13.0. The Labute approximate surface area is 116 Å². The van der Waals surface area contributed by atoms with Crippen molar-refractivity contribution in [2.75, 3.05) is 17.7 Å². The van der Waals surface area contributed by atoms with Crippen molar-refractivity contribution < 1.29 is 0 Å². The lowest BCUT2D eigenvalue weighted by Gasteiger charge is -2.57. The van der Waals surface area contributed by atoms with Gasteiger partial charge in [-0.2, -0.15) is 0 Å². The van der Waals surface area contributed by atoms with Crippen LogP contribution in [-0.2, 0) is 0 Å². The van der Waals surface area contributed by atoms with Gasteiger partial charge in [-0.3, -0.25) is 0 Å². The van der Waals surface area contributed by atoms with Crippen LogP contribution < -0.4 is 10.6 Å². The molecule has 1 aromatic carbocycles. The van der Waals surface area contributed by atoms with E-state index >= 15 is 0 Å². The highest BCUT2D eigenvalue weighted by atomic mass is 15.2. The first-order valence-corrected chi connectivity index (χ1v) is 7.79. The van der Waals surface area contributed by atoms with E-state index in [1.54, 1.807) is 0 Å². The highest BCUT2D eigenvalue weighted by molar-refractivity contribution is 5.67. The Hall–Kier alpha value is -1.18. The molecule has 0 heterocycles. The zero-order valence-corrected chi connectivity index (χ0v) is 11.8. The SMILES string of the molecule is CN(c1ccccc1N)C1C2CC3CC(C2)CC1C3. The number of anilines is 2. The van der Waals surface area contributed by atoms with E-state index in [2.05, 4.69) is 24.1 Å². The minimum absolute atomic E-state index is 0.734. The van der Waals surface area contributed by atoms with Gasteiger partial charge in [0.1, 0.15) is 0 Å². The summed E-state index contributed by atoms with van der Waals surface area (Å²) in [7, 11) is 2.26. The van der Waals surface area contributed by atoms with Gasteiger partial charge in [0.15, 0.2) is 0 Å². The molecule has 102 valence electrons. The Kier molecular flexibility index (Phi) is 2.54. The lowest BCUT2D eigenvalue weighted by Crippen LogP contribution is -2.55. The molecule has 1 aromatic rings. The van der Waals surface area contributed by atoms with Crippen LogP contribution in [-0.4, -0.2) is 13.1 Å². The largest absolute Gasteiger partial charge is 0.397 e. The average Bonchev–Trinajstić information content (AvgIpc) is 2.37. The van der Waals surface area contributed by atoms with Crippen LogP contribution in [0.3, 0.4) is 0 Å². The van der Waals surface area contributed by atoms with E-state index in [1.807, 2.05) is 12.1 Å². The molecule has 2 heteroatoms. The van der Waals surface area contributed by atoms with E-state index < -0.39 is 0 Å². The van der Waals surface area contributed by atoms with Crippen molar-refractivity contribution in [3.8, 4) is 0 Å². The second-order valence-electron chi connectivity index (χ2n) is 7.09. The van der Waals surface area contributed by atoms with E-state index in [9.17, 15) is 0 Å². The fourth-order valence-electron chi connectivity index (χ4n) is 5.50. The van der Waals surface area contributed by atoms with Gasteiger partial charge in [-0.15, -0.1) is 0 Å². The molecule has 4 fully saturated rings. The normalized spacial score (nSPS) is 39.5. The van der Waals surface area contributed by atoms with Gasteiger partial charge in [0, 0.05) is 13.1 Å². The predicted octanol–water partition coefficient (Wildman–Crippen LogP) is 3.53. The first kappa shape index (κ1) is 11.6. The number of nitrogen functional groups attached to an aromatic ring is 1. The van der Waals surface area contributed by atoms with E-state index in [1.165, 1.54) is 37.8 Å². The van der Waals surface area contributed by atoms with Crippen molar-refractivity contribution in [3.63, 3.8) is 0 Å². The van der Waals surface area contributed by atoms with Gasteiger partial charge in [0.2, 0.25) is 0 Å². The molecule has 0 spiro atoms. The maximum absolute atomic E-state index is 6.17. The van der Waals surface area contributed by atoms with Crippen LogP contribution in [0.1, 0.15) is 32.1 Å². The summed E-state index contributed by atoms with van der Waals surface area (Å²) in [5.41, 5.74) is 8.34. The predicted molar refractivity (Wildman–Crippen MR) is 80.1 cm³/mol. The minimum atomic E-state index is 0.734. The van der Waals surface area contributed by atoms with Crippen LogP contribution in [0.2, 0.25) is 0 Å². The second-order valence-corrected chi connectivity index (χ2v) is 7.09. The molecule has 0 atom stereocenters. The standard InChI is InChI=1S/C17H24N2/c1-19(16-5-3-2-4-15(16)18)17-13-7-11-6-12(9-13)10-14(17)8-11/h2-5,11-14,17H,6-10,18H2,1H3. The van der Waals surface area contributed by atoms with Crippen molar-refractivity contribution in [2.24, 2.45) is 23.7 Å². The molecular weight excluding hydrogens is 232 g/mol. The summed E-state index contributed by atoms with van der Waals surface area (Å²) in [6, 6.07) is 9.09. The van der Waals surface area contributed by atoms with Gasteiger partial charge in [0.25, 0.3) is 0 Å². The lowest BCUT2D eigenvalue weighted by atomic mass is 9.54. The lowest BCUT2D eigenvalue weighted by molar-refractivity contribution is -0.00118. The number of rotatable bonds is 2. The first-order chi connectivity index (χ1) is 9.22. The zero-order valence-electron chi connectivity index (χ0n) is 11.8. The maximum Gasteiger partial charge on any atom is 0.0600 e. The molecule has 0 aromatic heterocycles. The molecule has 0 aliphatic heterocycles. The average molecular weight is 256 g/mol. The summed E-state index contributed by atoms with van der Waals surface area (Å²) in [5.74, 6) is 3.92. The number of nitrogens with zero attached hydrogens (tertiary/aromatic N) is 1. The maximum atomic E-state index is 6.17. The first-order valence-electron chi connectivity index (χ1n) is 7.79. The quantitative estimate of drug-likeness (QED) is 0.820. The molecule has 4 bridgehead atoms. The number of para-hydroxylation sites is 2. The van der Waals surface area contributed by atoms with Gasteiger partial charge in [-0.05, 0) is 67.9 Å². The van der Waals surface area contributed by atoms with Gasteiger partial charge >= 0.3 is 0 Å². The van der Waals surface area contributed by atoms with Crippen LogP contribution in [0, 0.1) is 23.7 Å². The third-order valence-corrected chi connectivity index (χ3v) is 5.94. The Morgan fingerprint density at radius 1 is 0.947 bits per heavy atom. The molecule has 0 radical (unpaired) electrons. The fraction of sp³-hybridized carbons (Fsp3) is 0.647. The Morgan fingerprint density at radius 2 is 1.53 bits per heavy atom. The summed E-state index contributed by atoms with van der Waals surface area (Å²) in [6.45, 7) is 0. The molecule has 0 saturated heterocycles. The second kappa shape index (κ2) is 4.16. The molecule has 2 N–H and O–H groups in total. The highest BCUT2D eigenvalue weighted by Gasteiger charge is 2.49. The van der Waals surface area contributed by atoms with Crippen molar-refractivity contribution >= 4 is 11.4 Å². The smallest absolute Gasteiger partial charge is 0.0600 e. The monoisotopic (exact) mass is 256 g/mol. The Bertz CT molecular complexity index is 454. The minimum Gasteiger partial charge on any atom is -0.397 e. The van der Waals surface area contributed by atoms with E-state index in [4.69, 9.17) is 5.73 Å². The molecule has 4 aliphatic rings. The molecular formula is C17H24N2. The molecule has 4 aliphatic carbocycles. The molecule has 0 unspecified atom stereocenters. The van der Waals surface area contributed by atoms with E-state index in [-0.39, 0.29) is 0 Å². The molecule has 2 nitrogen and oxygen atoms in total. The number of benzene rings is 1. The van der Waals surface area contributed by atoms with Crippen LogP contribution in [0.15, 0.2) is 24.3 Å². The van der Waals surface area contributed by atoms with Gasteiger partial charge in [0.05, 0.1) is 11.4 Å². The van der Waals surface area contributed by atoms with E-state index in [0.717, 1.165) is 35.4 Å². The molecule has 19 heavy (non-hydrogen) atoms. The van der Waals surface area contributed by atoms with Crippen LogP contribution in [0.4, 0.5) is 11.4 Å². The van der Waals surface area contributed by atoms with Crippen molar-refractivity contribution in [2.45, 2.75) is 38.1 Å². The topological polar surface area (TPSA) is 29.3 Å². The Morgan fingerprint density at radius 3 is 2.11 bits per heavy atom. The van der Waals surface area contributed by atoms with Crippen molar-refractivity contribution in [3.05, 3.63) is 24.3 Å². The van der Waals surface area contributed by atoms with Crippen LogP contribution >= 0.6 is 0 Å². The van der Waals surface area contributed by atoms with Crippen molar-refractivity contribution in [1.29, 1.82) is 0 Å². The highest BCUT2D eigenvalue weighted by Crippen LogP contribution is 2.55. The third-order valence-electron chi connectivity index (χ3n) is 5.94. The van der Waals surface area contributed by atoms with Gasteiger partial charge in [-0.25, -0.2) is 0 Å². The summed E-state index contributed by atoms with van der Waals surface area (Å²) in [4.78, 5) is 2.50. The van der Waals surface area contributed by atoms with Crippen LogP contribution in [0.25, 0.3) is 0 Å². The number of hydrogen-bond acceptors (Lipinski definition) is 2. The molecule has 4 saturated carbocycles. The summed E-state index contributed by atoms with van der Waals surface area (Å²) in [6.07, 6.45) is 7.39. The van der Waals surface area contributed by atoms with E-state index in [0.29, 0.717) is 0 Å². The fourth-order valence-corrected chi connectivity index (χ4v) is 5.50. The summed E-state index contributed by atoms with van der Waals surface area (Å²) < 4.78 is 0. The summed E-state index contributed by atoms with van der Waals surface area (Å²) >= 11 is 0. The van der Waals surface area contributed by atoms with Gasteiger partial charge < -0.3 is 10.6 Å².